The summed E-state index contributed by atoms with van der Waals surface area (Å²) in [5.41, 5.74) is 1.85. The van der Waals surface area contributed by atoms with Gasteiger partial charge in [0, 0.05) is 5.02 Å². The molecule has 0 radical (unpaired) electrons. The average Bonchev–Trinajstić information content (AvgIpc) is 2.48. The highest BCUT2D eigenvalue weighted by Gasteiger charge is 2.24. The molecule has 0 aromatic heterocycles. The Morgan fingerprint density at radius 3 is 2.24 bits per heavy atom. The predicted octanol–water partition coefficient (Wildman–Crippen LogP) is 5.29. The molecule has 2 aromatic rings. The van der Waals surface area contributed by atoms with E-state index in [4.69, 9.17) is 20.6 Å². The third-order valence-corrected chi connectivity index (χ3v) is 5.06. The lowest BCUT2D eigenvalue weighted by atomic mass is 10.2. The number of hydrogen-bond acceptors (Lipinski definition) is 3. The van der Waals surface area contributed by atoms with Crippen LogP contribution in [0.4, 0.5) is 0 Å². The van der Waals surface area contributed by atoms with Crippen LogP contribution in [0, 0.1) is 0 Å². The molecule has 2 rings (SSSR count). The van der Waals surface area contributed by atoms with Crippen molar-refractivity contribution in [3.05, 3.63) is 70.7 Å². The highest BCUT2D eigenvalue weighted by molar-refractivity contribution is 7.53. The first-order chi connectivity index (χ1) is 10.1. The van der Waals surface area contributed by atoms with Gasteiger partial charge in [0.1, 0.15) is 0 Å². The monoisotopic (exact) mass is 324 g/mol. The van der Waals surface area contributed by atoms with Crippen molar-refractivity contribution in [2.24, 2.45) is 0 Å². The second-order valence-corrected chi connectivity index (χ2v) is 7.06. The molecule has 112 valence electrons. The number of rotatable bonds is 7. The largest absolute Gasteiger partial charge is 0.335 e. The second kappa shape index (κ2) is 7.77. The maximum absolute atomic E-state index is 12.8. The minimum Gasteiger partial charge on any atom is -0.309 e. The van der Waals surface area contributed by atoms with Crippen molar-refractivity contribution >= 4 is 19.2 Å². The van der Waals surface area contributed by atoms with Crippen LogP contribution < -0.4 is 0 Å². The summed E-state index contributed by atoms with van der Waals surface area (Å²) in [5.74, 6) is 0. The van der Waals surface area contributed by atoms with Crippen molar-refractivity contribution < 1.29 is 13.6 Å². The van der Waals surface area contributed by atoms with Gasteiger partial charge in [-0.15, -0.1) is 0 Å². The third-order valence-electron chi connectivity index (χ3n) is 2.89. The van der Waals surface area contributed by atoms with E-state index in [1.165, 1.54) is 0 Å². The molecule has 0 amide bonds. The van der Waals surface area contributed by atoms with Crippen LogP contribution in [-0.2, 0) is 26.4 Å². The van der Waals surface area contributed by atoms with Gasteiger partial charge in [-0.3, -0.25) is 4.57 Å². The Morgan fingerprint density at radius 2 is 1.62 bits per heavy atom. The summed E-state index contributed by atoms with van der Waals surface area (Å²) in [7, 11) is -3.15. The molecule has 2 aromatic carbocycles. The molecule has 0 aliphatic heterocycles. The first-order valence-corrected chi connectivity index (χ1v) is 8.88. The van der Waals surface area contributed by atoms with Crippen LogP contribution in [0.1, 0.15) is 18.1 Å². The lowest BCUT2D eigenvalue weighted by molar-refractivity contribution is 0.203. The average molecular weight is 325 g/mol. The van der Waals surface area contributed by atoms with E-state index in [1.807, 2.05) is 49.4 Å². The number of halogens is 1. The maximum atomic E-state index is 12.8. The Balaban J connectivity index is 2.03. The Bertz CT molecular complexity index is 599. The Kier molecular flexibility index (Phi) is 6.01. The van der Waals surface area contributed by atoms with Gasteiger partial charge in [-0.1, -0.05) is 54.1 Å². The van der Waals surface area contributed by atoms with E-state index in [-0.39, 0.29) is 12.8 Å². The van der Waals surface area contributed by atoms with Gasteiger partial charge >= 0.3 is 7.60 Å². The molecule has 5 heteroatoms. The van der Waals surface area contributed by atoms with E-state index in [0.717, 1.165) is 11.1 Å². The van der Waals surface area contributed by atoms with Crippen molar-refractivity contribution in [2.75, 3.05) is 6.61 Å². The van der Waals surface area contributed by atoms with Crippen LogP contribution in [0.5, 0.6) is 0 Å². The van der Waals surface area contributed by atoms with Gasteiger partial charge in [-0.2, -0.15) is 0 Å². The lowest BCUT2D eigenvalue weighted by Crippen LogP contribution is -2.00. The molecule has 0 saturated heterocycles. The molecule has 3 nitrogen and oxygen atoms in total. The van der Waals surface area contributed by atoms with Crippen molar-refractivity contribution in [3.63, 3.8) is 0 Å². The van der Waals surface area contributed by atoms with Crippen LogP contribution >= 0.6 is 19.2 Å². The van der Waals surface area contributed by atoms with E-state index in [2.05, 4.69) is 0 Å². The van der Waals surface area contributed by atoms with Gasteiger partial charge in [-0.25, -0.2) is 0 Å². The van der Waals surface area contributed by atoms with Crippen LogP contribution in [-0.4, -0.2) is 6.61 Å². The zero-order chi connectivity index (χ0) is 15.1. The maximum Gasteiger partial charge on any atom is 0.335 e. The van der Waals surface area contributed by atoms with Crippen molar-refractivity contribution in [3.8, 4) is 0 Å². The van der Waals surface area contributed by atoms with Gasteiger partial charge in [0.25, 0.3) is 0 Å². The first kappa shape index (κ1) is 16.3. The van der Waals surface area contributed by atoms with E-state index >= 15 is 0 Å². The molecular weight excluding hydrogens is 307 g/mol. The predicted molar refractivity (Wildman–Crippen MR) is 85.6 cm³/mol. The van der Waals surface area contributed by atoms with Crippen molar-refractivity contribution in [2.45, 2.75) is 19.7 Å². The van der Waals surface area contributed by atoms with Crippen LogP contribution in [0.3, 0.4) is 0 Å². The molecule has 0 bridgehead atoms. The van der Waals surface area contributed by atoms with Crippen LogP contribution in [0.25, 0.3) is 0 Å². The van der Waals surface area contributed by atoms with Crippen molar-refractivity contribution in [1.82, 2.24) is 0 Å². The minimum atomic E-state index is -3.15. The summed E-state index contributed by atoms with van der Waals surface area (Å²) >= 11 is 5.84. The SMILES string of the molecule is CCOP(=O)(Cc1ccccc1)OCc1ccc(Cl)cc1. The lowest BCUT2D eigenvalue weighted by Gasteiger charge is -2.18. The summed E-state index contributed by atoms with van der Waals surface area (Å²) < 4.78 is 23.7. The zero-order valence-electron chi connectivity index (χ0n) is 11.9. The number of benzene rings is 2. The van der Waals surface area contributed by atoms with Crippen LogP contribution in [0.2, 0.25) is 5.02 Å². The van der Waals surface area contributed by atoms with Gasteiger partial charge in [0.15, 0.2) is 0 Å². The van der Waals surface area contributed by atoms with Gasteiger partial charge in [-0.05, 0) is 30.2 Å². The molecule has 0 fully saturated rings. The molecule has 0 N–H and O–H groups in total. The summed E-state index contributed by atoms with van der Waals surface area (Å²) in [6.07, 6.45) is 0.273. The standard InChI is InChI=1S/C16H18ClO3P/c1-2-19-21(18,13-15-6-4-3-5-7-15)20-12-14-8-10-16(17)11-9-14/h3-11H,2,12-13H2,1H3. The molecule has 1 unspecified atom stereocenters. The first-order valence-electron chi connectivity index (χ1n) is 6.78. The third kappa shape index (κ3) is 5.29. The normalized spacial score (nSPS) is 13.8. The molecule has 0 heterocycles. The van der Waals surface area contributed by atoms with Gasteiger partial charge in [0.2, 0.25) is 0 Å². The molecule has 0 spiro atoms. The summed E-state index contributed by atoms with van der Waals surface area (Å²) in [4.78, 5) is 0. The fourth-order valence-corrected chi connectivity index (χ4v) is 3.67. The smallest absolute Gasteiger partial charge is 0.309 e. The topological polar surface area (TPSA) is 35.5 Å². The van der Waals surface area contributed by atoms with E-state index in [9.17, 15) is 4.57 Å². The molecule has 1 atom stereocenters. The number of hydrogen-bond donors (Lipinski definition) is 0. The summed E-state index contributed by atoms with van der Waals surface area (Å²) in [6.45, 7) is 2.40. The van der Waals surface area contributed by atoms with E-state index < -0.39 is 7.60 Å². The van der Waals surface area contributed by atoms with Crippen molar-refractivity contribution in [1.29, 1.82) is 0 Å². The van der Waals surface area contributed by atoms with E-state index in [0.29, 0.717) is 11.6 Å². The molecule has 0 saturated carbocycles. The quantitative estimate of drug-likeness (QED) is 0.649. The summed E-state index contributed by atoms with van der Waals surface area (Å²) in [5, 5.41) is 0.663. The molecule has 0 aliphatic carbocycles. The highest BCUT2D eigenvalue weighted by Crippen LogP contribution is 2.52. The minimum absolute atomic E-state index is 0.237. The fourth-order valence-electron chi connectivity index (χ4n) is 1.89. The fraction of sp³-hybridized carbons (Fsp3) is 0.250. The Labute approximate surface area is 130 Å². The van der Waals surface area contributed by atoms with Gasteiger partial charge in [0.05, 0.1) is 19.4 Å². The summed E-state index contributed by atoms with van der Waals surface area (Å²) in [6, 6.07) is 16.8. The van der Waals surface area contributed by atoms with Gasteiger partial charge < -0.3 is 9.05 Å². The van der Waals surface area contributed by atoms with Crippen LogP contribution in [0.15, 0.2) is 54.6 Å². The molecular formula is C16H18ClO3P. The molecule has 21 heavy (non-hydrogen) atoms. The Morgan fingerprint density at radius 1 is 0.952 bits per heavy atom. The highest BCUT2D eigenvalue weighted by atomic mass is 35.5. The molecule has 0 aliphatic rings. The Hall–Kier alpha value is -1.12. The van der Waals surface area contributed by atoms with E-state index in [1.54, 1.807) is 12.1 Å². The zero-order valence-corrected chi connectivity index (χ0v) is 13.5. The second-order valence-electron chi connectivity index (χ2n) is 4.57.